The zero-order valence-corrected chi connectivity index (χ0v) is 13.6. The molecule has 22 heavy (non-hydrogen) atoms. The molecule has 2 aromatic carbocycles. The number of halogens is 2. The molecule has 0 aliphatic carbocycles. The van der Waals surface area contributed by atoms with E-state index in [0.717, 1.165) is 5.56 Å². The van der Waals surface area contributed by atoms with Crippen molar-refractivity contribution in [3.05, 3.63) is 58.7 Å². The van der Waals surface area contributed by atoms with Gasteiger partial charge in [-0.2, -0.15) is 0 Å². The van der Waals surface area contributed by atoms with Crippen LogP contribution < -0.4 is 0 Å². The molecular formula is C16H16Cl2O4. The Labute approximate surface area is 140 Å². The molecule has 4 nitrogen and oxygen atoms in total. The van der Waals surface area contributed by atoms with Crippen LogP contribution in [-0.4, -0.2) is 22.2 Å². The van der Waals surface area contributed by atoms with Gasteiger partial charge in [0.2, 0.25) is 0 Å². The predicted octanol–water partition coefficient (Wildman–Crippen LogP) is 4.21. The lowest BCUT2D eigenvalue weighted by Crippen LogP contribution is -2.11. The highest BCUT2D eigenvalue weighted by molar-refractivity contribution is 6.03. The van der Waals surface area contributed by atoms with Crippen LogP contribution in [0.4, 0.5) is 0 Å². The monoisotopic (exact) mass is 342 g/mol. The van der Waals surface area contributed by atoms with Crippen LogP contribution in [0.15, 0.2) is 36.4 Å². The topological polar surface area (TPSA) is 74.6 Å². The van der Waals surface area contributed by atoms with Crippen molar-refractivity contribution in [1.29, 1.82) is 0 Å². The molecule has 0 spiro atoms. The van der Waals surface area contributed by atoms with Crippen molar-refractivity contribution < 1.29 is 19.8 Å². The third-order valence-corrected chi connectivity index (χ3v) is 3.29. The summed E-state index contributed by atoms with van der Waals surface area (Å²) in [6, 6.07) is 10.7. The van der Waals surface area contributed by atoms with Crippen LogP contribution in [0.5, 0.6) is 0 Å². The minimum absolute atomic E-state index is 0. The van der Waals surface area contributed by atoms with Gasteiger partial charge in [-0.3, -0.25) is 0 Å². The smallest absolute Gasteiger partial charge is 0.336 e. The summed E-state index contributed by atoms with van der Waals surface area (Å²) in [7, 11) is 0. The lowest BCUT2D eigenvalue weighted by Gasteiger charge is -2.14. The minimum atomic E-state index is -1.12. The second kappa shape index (κ2) is 7.82. The van der Waals surface area contributed by atoms with Crippen LogP contribution >= 0.6 is 24.8 Å². The van der Waals surface area contributed by atoms with E-state index in [1.54, 1.807) is 25.1 Å². The van der Waals surface area contributed by atoms with E-state index in [4.69, 9.17) is 0 Å². The lowest BCUT2D eigenvalue weighted by atomic mass is 9.89. The molecule has 0 atom stereocenters. The largest absolute Gasteiger partial charge is 0.478 e. The van der Waals surface area contributed by atoms with Gasteiger partial charge in [0, 0.05) is 0 Å². The number of rotatable bonds is 3. The fraction of sp³-hybridized carbons (Fsp3) is 0.125. The van der Waals surface area contributed by atoms with E-state index in [-0.39, 0.29) is 41.5 Å². The number of hydrogen-bond acceptors (Lipinski definition) is 2. The third kappa shape index (κ3) is 3.59. The first-order valence-corrected chi connectivity index (χ1v) is 6.09. The van der Waals surface area contributed by atoms with Gasteiger partial charge in [0.1, 0.15) is 0 Å². The summed E-state index contributed by atoms with van der Waals surface area (Å²) in [4.78, 5) is 22.8. The number of carboxylic acids is 2. The molecule has 2 aromatic rings. The van der Waals surface area contributed by atoms with Crippen molar-refractivity contribution in [3.8, 4) is 11.1 Å². The molecule has 0 bridgehead atoms. The molecule has 0 heterocycles. The van der Waals surface area contributed by atoms with Gasteiger partial charge in [-0.1, -0.05) is 30.3 Å². The van der Waals surface area contributed by atoms with Gasteiger partial charge in [-0.25, -0.2) is 9.59 Å². The van der Waals surface area contributed by atoms with Gasteiger partial charge < -0.3 is 10.2 Å². The van der Waals surface area contributed by atoms with E-state index < -0.39 is 11.9 Å². The Morgan fingerprint density at radius 2 is 1.36 bits per heavy atom. The summed E-state index contributed by atoms with van der Waals surface area (Å²) in [5.41, 5.74) is 2.23. The standard InChI is InChI=1S/C16H14O4.2ClH/c1-9-8-12(11-6-4-3-5-7-11)14(16(19)20)10(2)13(9)15(17)18;;/h3-8H,1-2H3,(H,17,18)(H,19,20);2*1H. The van der Waals surface area contributed by atoms with E-state index in [1.165, 1.54) is 6.92 Å². The van der Waals surface area contributed by atoms with Crippen LogP contribution in [0, 0.1) is 13.8 Å². The molecule has 0 saturated heterocycles. The average Bonchev–Trinajstić information content (AvgIpc) is 2.38. The average molecular weight is 343 g/mol. The van der Waals surface area contributed by atoms with Crippen molar-refractivity contribution >= 4 is 36.8 Å². The van der Waals surface area contributed by atoms with E-state index in [9.17, 15) is 19.8 Å². The van der Waals surface area contributed by atoms with Crippen LogP contribution in [0.25, 0.3) is 11.1 Å². The normalized spacial score (nSPS) is 9.36. The van der Waals surface area contributed by atoms with Crippen molar-refractivity contribution in [2.24, 2.45) is 0 Å². The summed E-state index contributed by atoms with van der Waals surface area (Å²) in [5.74, 6) is -2.23. The zero-order valence-electron chi connectivity index (χ0n) is 12.0. The van der Waals surface area contributed by atoms with Crippen molar-refractivity contribution in [1.82, 2.24) is 0 Å². The Bertz CT molecular complexity index is 697. The van der Waals surface area contributed by atoms with Gasteiger partial charge in [0.15, 0.2) is 0 Å². The van der Waals surface area contributed by atoms with Gasteiger partial charge in [-0.15, -0.1) is 24.8 Å². The van der Waals surface area contributed by atoms with Crippen LogP contribution in [0.3, 0.4) is 0 Å². The summed E-state index contributed by atoms with van der Waals surface area (Å²) < 4.78 is 0. The lowest BCUT2D eigenvalue weighted by molar-refractivity contribution is 0.0695. The van der Waals surface area contributed by atoms with Crippen molar-refractivity contribution in [2.45, 2.75) is 13.8 Å². The Morgan fingerprint density at radius 3 is 1.82 bits per heavy atom. The molecule has 6 heteroatoms. The molecule has 0 aromatic heterocycles. The molecule has 0 aliphatic heterocycles. The Kier molecular flexibility index (Phi) is 7.10. The Hall–Kier alpha value is -2.04. The molecule has 2 N–H and O–H groups in total. The minimum Gasteiger partial charge on any atom is -0.478 e. The first kappa shape index (κ1) is 20.0. The molecule has 118 valence electrons. The maximum absolute atomic E-state index is 11.5. The maximum Gasteiger partial charge on any atom is 0.336 e. The fourth-order valence-electron chi connectivity index (χ4n) is 2.43. The van der Waals surface area contributed by atoms with E-state index in [1.807, 2.05) is 18.2 Å². The number of carbonyl (C=O) groups is 2. The molecule has 0 saturated carbocycles. The van der Waals surface area contributed by atoms with Gasteiger partial charge in [0.05, 0.1) is 11.1 Å². The molecular weight excluding hydrogens is 327 g/mol. The van der Waals surface area contributed by atoms with E-state index >= 15 is 0 Å². The molecule has 0 radical (unpaired) electrons. The van der Waals surface area contributed by atoms with Crippen LogP contribution in [-0.2, 0) is 0 Å². The van der Waals surface area contributed by atoms with Crippen molar-refractivity contribution in [2.75, 3.05) is 0 Å². The maximum atomic E-state index is 11.5. The number of hydrogen-bond donors (Lipinski definition) is 2. The Balaban J connectivity index is 0.00000220. The second-order valence-electron chi connectivity index (χ2n) is 4.59. The summed E-state index contributed by atoms with van der Waals surface area (Å²) >= 11 is 0. The first-order chi connectivity index (χ1) is 9.43. The third-order valence-electron chi connectivity index (χ3n) is 3.29. The van der Waals surface area contributed by atoms with Gasteiger partial charge in [-0.05, 0) is 42.2 Å². The summed E-state index contributed by atoms with van der Waals surface area (Å²) in [6.07, 6.45) is 0. The predicted molar refractivity (Wildman–Crippen MR) is 89.8 cm³/mol. The number of aryl methyl sites for hydroxylation is 1. The fourth-order valence-corrected chi connectivity index (χ4v) is 2.43. The SMILES string of the molecule is Cc1cc(-c2ccccc2)c(C(=O)O)c(C)c1C(=O)O.Cl.Cl. The summed E-state index contributed by atoms with van der Waals surface area (Å²) in [6.45, 7) is 3.21. The van der Waals surface area contributed by atoms with Gasteiger partial charge >= 0.3 is 11.9 Å². The van der Waals surface area contributed by atoms with E-state index in [0.29, 0.717) is 11.1 Å². The second-order valence-corrected chi connectivity index (χ2v) is 4.59. The molecule has 2 rings (SSSR count). The van der Waals surface area contributed by atoms with Crippen LogP contribution in [0.1, 0.15) is 31.8 Å². The highest BCUT2D eigenvalue weighted by Crippen LogP contribution is 2.30. The first-order valence-electron chi connectivity index (χ1n) is 6.09. The molecule has 0 fully saturated rings. The van der Waals surface area contributed by atoms with E-state index in [2.05, 4.69) is 0 Å². The number of carboxylic acid groups (broad SMARTS) is 2. The molecule has 0 unspecified atom stereocenters. The number of benzene rings is 2. The zero-order chi connectivity index (χ0) is 14.9. The quantitative estimate of drug-likeness (QED) is 0.875. The van der Waals surface area contributed by atoms with Crippen molar-refractivity contribution in [3.63, 3.8) is 0 Å². The van der Waals surface area contributed by atoms with Gasteiger partial charge in [0.25, 0.3) is 0 Å². The molecule has 0 amide bonds. The summed E-state index contributed by atoms with van der Waals surface area (Å²) in [5, 5.41) is 18.6. The number of aromatic carboxylic acids is 2. The highest BCUT2D eigenvalue weighted by atomic mass is 35.5. The highest BCUT2D eigenvalue weighted by Gasteiger charge is 2.22. The van der Waals surface area contributed by atoms with Crippen LogP contribution in [0.2, 0.25) is 0 Å². The molecule has 0 aliphatic rings. The Morgan fingerprint density at radius 1 is 0.864 bits per heavy atom.